The number of carbonyl (C=O) groups is 3. The Hall–Kier alpha value is -2.46. The highest BCUT2D eigenvalue weighted by atomic mass is 32.2. The summed E-state index contributed by atoms with van der Waals surface area (Å²) in [5.74, 6) is -4.71. The summed E-state index contributed by atoms with van der Waals surface area (Å²) >= 11 is 0. The molecular weight excluding hydrogens is 356 g/mol. The zero-order valence-electron chi connectivity index (χ0n) is 13.5. The minimum Gasteiger partial charge on any atom is -0.479 e. The van der Waals surface area contributed by atoms with Gasteiger partial charge in [-0.3, -0.25) is 4.79 Å². The van der Waals surface area contributed by atoms with Gasteiger partial charge in [-0.2, -0.15) is 8.42 Å². The zero-order valence-corrected chi connectivity index (χ0v) is 14.4. The molecule has 9 nitrogen and oxygen atoms in total. The lowest BCUT2D eigenvalue weighted by Gasteiger charge is -2.20. The summed E-state index contributed by atoms with van der Waals surface area (Å²) in [6, 6.07) is 5.29. The van der Waals surface area contributed by atoms with Gasteiger partial charge in [-0.15, -0.1) is 0 Å². The molecule has 0 spiro atoms. The summed E-state index contributed by atoms with van der Waals surface area (Å²) in [4.78, 5) is 33.7. The first kappa shape index (κ1) is 20.6. The smallest absolute Gasteiger partial charge is 0.348 e. The summed E-state index contributed by atoms with van der Waals surface area (Å²) in [5.41, 5.74) is 0.755. The van der Waals surface area contributed by atoms with Crippen molar-refractivity contribution in [3.8, 4) is 0 Å². The molecule has 0 aromatic heterocycles. The average molecular weight is 374 g/mol. The largest absolute Gasteiger partial charge is 0.479 e. The number of ether oxygens (including phenoxy) is 1. The predicted octanol–water partition coefficient (Wildman–Crippen LogP) is 0.950. The lowest BCUT2D eigenvalue weighted by atomic mass is 10.2. The van der Waals surface area contributed by atoms with E-state index < -0.39 is 40.2 Å². The number of esters is 1. The number of carbonyl (C=O) groups excluding carboxylic acids is 1. The first-order chi connectivity index (χ1) is 11.6. The van der Waals surface area contributed by atoms with Crippen molar-refractivity contribution in [2.45, 2.75) is 43.8 Å². The van der Waals surface area contributed by atoms with Gasteiger partial charge in [0, 0.05) is 6.42 Å². The van der Waals surface area contributed by atoms with Crippen LogP contribution in [0, 0.1) is 6.92 Å². The van der Waals surface area contributed by atoms with Crippen LogP contribution in [-0.2, 0) is 33.4 Å². The summed E-state index contributed by atoms with van der Waals surface area (Å²) in [5, 5.41) is 18.2. The molecule has 2 N–H and O–H groups in total. The average Bonchev–Trinajstić information content (AvgIpc) is 2.51. The number of benzene rings is 1. The fourth-order valence-corrected chi connectivity index (χ4v) is 2.80. The van der Waals surface area contributed by atoms with Crippen LogP contribution in [-0.4, -0.2) is 48.7 Å². The number of carboxylic acids is 2. The van der Waals surface area contributed by atoms with Crippen molar-refractivity contribution in [3.05, 3.63) is 29.8 Å². The highest BCUT2D eigenvalue weighted by Gasteiger charge is 2.41. The van der Waals surface area contributed by atoms with Crippen LogP contribution in [0.4, 0.5) is 0 Å². The monoisotopic (exact) mass is 374 g/mol. The van der Waals surface area contributed by atoms with Crippen LogP contribution in [0.5, 0.6) is 0 Å². The molecule has 1 aromatic carbocycles. The van der Waals surface area contributed by atoms with E-state index in [-0.39, 0.29) is 11.3 Å². The van der Waals surface area contributed by atoms with E-state index in [0.29, 0.717) is 6.42 Å². The topological polar surface area (TPSA) is 144 Å². The van der Waals surface area contributed by atoms with Gasteiger partial charge in [-0.1, -0.05) is 24.6 Å². The van der Waals surface area contributed by atoms with Crippen LogP contribution in [0.2, 0.25) is 0 Å². The van der Waals surface area contributed by atoms with E-state index in [2.05, 4.69) is 8.92 Å². The molecule has 0 heterocycles. The number of hydrogen-bond acceptors (Lipinski definition) is 7. The number of rotatable bonds is 9. The Kier molecular flexibility index (Phi) is 7.07. The molecular formula is C15H18O9S. The second-order valence-electron chi connectivity index (χ2n) is 5.12. The minimum absolute atomic E-state index is 0.152. The summed E-state index contributed by atoms with van der Waals surface area (Å²) in [6.07, 6.45) is -4.55. The lowest BCUT2D eigenvalue weighted by Crippen LogP contribution is -2.45. The van der Waals surface area contributed by atoms with Crippen LogP contribution < -0.4 is 0 Å². The lowest BCUT2D eigenvalue weighted by molar-refractivity contribution is -0.176. The molecule has 0 saturated heterocycles. The molecule has 0 aliphatic heterocycles. The molecule has 10 heteroatoms. The molecule has 1 aromatic rings. The van der Waals surface area contributed by atoms with E-state index in [1.54, 1.807) is 13.8 Å². The van der Waals surface area contributed by atoms with Crippen LogP contribution >= 0.6 is 0 Å². The zero-order chi connectivity index (χ0) is 19.2. The summed E-state index contributed by atoms with van der Waals surface area (Å²) in [6.45, 7) is 3.34. The van der Waals surface area contributed by atoms with Gasteiger partial charge < -0.3 is 14.9 Å². The molecule has 25 heavy (non-hydrogen) atoms. The van der Waals surface area contributed by atoms with Crippen molar-refractivity contribution < 1.29 is 41.9 Å². The van der Waals surface area contributed by atoms with E-state index in [9.17, 15) is 22.8 Å². The van der Waals surface area contributed by atoms with Crippen molar-refractivity contribution in [1.29, 1.82) is 0 Å². The Bertz CT molecular complexity index is 737. The van der Waals surface area contributed by atoms with Crippen molar-refractivity contribution in [2.75, 3.05) is 0 Å². The molecule has 138 valence electrons. The third-order valence-electron chi connectivity index (χ3n) is 3.01. The standard InChI is InChI=1S/C15H18O9S/c1-3-4-11(16)23-12(14(17)18)13(15(19)20)24-25(21,22)10-7-5-9(2)6-8-10/h5-8,12-13H,3-4H2,1-2H3,(H,17,18)(H,19,20). The number of aliphatic carboxylic acids is 2. The first-order valence-corrected chi connectivity index (χ1v) is 8.64. The van der Waals surface area contributed by atoms with E-state index >= 15 is 0 Å². The third-order valence-corrected chi connectivity index (χ3v) is 4.32. The van der Waals surface area contributed by atoms with Gasteiger partial charge in [-0.25, -0.2) is 13.8 Å². The van der Waals surface area contributed by atoms with Gasteiger partial charge in [0.05, 0.1) is 4.90 Å². The van der Waals surface area contributed by atoms with Crippen molar-refractivity contribution >= 4 is 28.0 Å². The molecule has 0 aliphatic carbocycles. The van der Waals surface area contributed by atoms with Crippen LogP contribution in [0.25, 0.3) is 0 Å². The first-order valence-electron chi connectivity index (χ1n) is 7.23. The molecule has 2 unspecified atom stereocenters. The fraction of sp³-hybridized carbons (Fsp3) is 0.400. The Balaban J connectivity index is 3.11. The van der Waals surface area contributed by atoms with Crippen LogP contribution in [0.15, 0.2) is 29.2 Å². The van der Waals surface area contributed by atoms with Gasteiger partial charge in [-0.05, 0) is 25.5 Å². The van der Waals surface area contributed by atoms with E-state index in [0.717, 1.165) is 5.56 Å². The highest BCUT2D eigenvalue weighted by Crippen LogP contribution is 2.18. The number of aryl methyl sites for hydroxylation is 1. The van der Waals surface area contributed by atoms with E-state index in [4.69, 9.17) is 10.2 Å². The number of hydrogen-bond donors (Lipinski definition) is 2. The Labute approximate surface area is 144 Å². The van der Waals surface area contributed by atoms with Gasteiger partial charge in [0.25, 0.3) is 10.1 Å². The summed E-state index contributed by atoms with van der Waals surface area (Å²) < 4.78 is 33.5. The molecule has 2 atom stereocenters. The fourth-order valence-electron chi connectivity index (χ4n) is 1.76. The molecule has 0 radical (unpaired) electrons. The Morgan fingerprint density at radius 3 is 2.00 bits per heavy atom. The van der Waals surface area contributed by atoms with E-state index in [1.165, 1.54) is 24.3 Å². The van der Waals surface area contributed by atoms with E-state index in [1.807, 2.05) is 0 Å². The molecule has 0 fully saturated rings. The SMILES string of the molecule is CCCC(=O)OC(C(=O)O)C(OS(=O)(=O)c1ccc(C)cc1)C(=O)O. The summed E-state index contributed by atoms with van der Waals surface area (Å²) in [7, 11) is -4.58. The molecule has 0 aliphatic rings. The minimum atomic E-state index is -4.58. The normalized spacial score (nSPS) is 13.7. The third kappa shape index (κ3) is 5.84. The molecule has 0 amide bonds. The second-order valence-corrected chi connectivity index (χ2v) is 6.69. The molecule has 0 bridgehead atoms. The van der Waals surface area contributed by atoms with Crippen LogP contribution in [0.3, 0.4) is 0 Å². The predicted molar refractivity (Wildman–Crippen MR) is 83.3 cm³/mol. The number of carboxylic acid groups (broad SMARTS) is 2. The van der Waals surface area contributed by atoms with Crippen LogP contribution in [0.1, 0.15) is 25.3 Å². The van der Waals surface area contributed by atoms with Crippen molar-refractivity contribution in [3.63, 3.8) is 0 Å². The maximum Gasteiger partial charge on any atom is 0.348 e. The maximum absolute atomic E-state index is 12.2. The Morgan fingerprint density at radius 1 is 1.04 bits per heavy atom. The Morgan fingerprint density at radius 2 is 1.56 bits per heavy atom. The van der Waals surface area contributed by atoms with Crippen molar-refractivity contribution in [1.82, 2.24) is 0 Å². The maximum atomic E-state index is 12.2. The van der Waals surface area contributed by atoms with Gasteiger partial charge >= 0.3 is 17.9 Å². The second kappa shape index (κ2) is 8.58. The van der Waals surface area contributed by atoms with Crippen molar-refractivity contribution in [2.24, 2.45) is 0 Å². The van der Waals surface area contributed by atoms with Gasteiger partial charge in [0.1, 0.15) is 0 Å². The molecule has 0 saturated carbocycles. The van der Waals surface area contributed by atoms with Gasteiger partial charge in [0.2, 0.25) is 12.2 Å². The molecule has 1 rings (SSSR count). The quantitative estimate of drug-likeness (QED) is 0.476. The van der Waals surface area contributed by atoms with Gasteiger partial charge in [0.15, 0.2) is 0 Å². The highest BCUT2D eigenvalue weighted by molar-refractivity contribution is 7.86.